The quantitative estimate of drug-likeness (QED) is 0.746. The maximum atomic E-state index is 13.2. The average Bonchev–Trinajstić information content (AvgIpc) is 2.25. The molecular formula is C12H10FNO. The van der Waals surface area contributed by atoms with Gasteiger partial charge < -0.3 is 4.74 Å². The van der Waals surface area contributed by atoms with Crippen LogP contribution < -0.4 is 4.74 Å². The number of pyridine rings is 1. The summed E-state index contributed by atoms with van der Waals surface area (Å²) in [6.45, 7) is 1.71. The Hall–Kier alpha value is -1.90. The summed E-state index contributed by atoms with van der Waals surface area (Å²) in [5.74, 6) is 0.809. The van der Waals surface area contributed by atoms with Crippen LogP contribution in [0.3, 0.4) is 0 Å². The molecule has 0 saturated carbocycles. The van der Waals surface area contributed by atoms with Gasteiger partial charge in [-0.05, 0) is 30.7 Å². The van der Waals surface area contributed by atoms with Gasteiger partial charge in [-0.1, -0.05) is 6.07 Å². The zero-order chi connectivity index (χ0) is 10.7. The Morgan fingerprint density at radius 1 is 1.20 bits per heavy atom. The molecule has 2 aromatic rings. The summed E-state index contributed by atoms with van der Waals surface area (Å²) >= 11 is 0. The molecule has 3 heteroatoms. The summed E-state index contributed by atoms with van der Waals surface area (Å²) < 4.78 is 18.6. The monoisotopic (exact) mass is 203 g/mol. The minimum Gasteiger partial charge on any atom is -0.456 e. The lowest BCUT2D eigenvalue weighted by atomic mass is 10.2. The largest absolute Gasteiger partial charge is 0.456 e. The van der Waals surface area contributed by atoms with Gasteiger partial charge in [0, 0.05) is 12.3 Å². The van der Waals surface area contributed by atoms with Gasteiger partial charge in [-0.15, -0.1) is 0 Å². The number of aromatic nitrogens is 1. The summed E-state index contributed by atoms with van der Waals surface area (Å²) in [5.41, 5.74) is 0.605. The standard InChI is InChI=1S/C12H10FNO/c1-9-4-5-10(7-12(9)13)15-11-3-2-6-14-8-11/h2-8H,1H3. The van der Waals surface area contributed by atoms with Crippen molar-refractivity contribution in [1.82, 2.24) is 4.98 Å². The summed E-state index contributed by atoms with van der Waals surface area (Å²) in [6, 6.07) is 8.30. The predicted octanol–water partition coefficient (Wildman–Crippen LogP) is 3.32. The minimum absolute atomic E-state index is 0.267. The fraction of sp³-hybridized carbons (Fsp3) is 0.0833. The highest BCUT2D eigenvalue weighted by atomic mass is 19.1. The highest BCUT2D eigenvalue weighted by Gasteiger charge is 2.01. The van der Waals surface area contributed by atoms with Crippen molar-refractivity contribution in [1.29, 1.82) is 0 Å². The third-order valence-electron chi connectivity index (χ3n) is 2.01. The first kappa shape index (κ1) is 9.65. The highest BCUT2D eigenvalue weighted by molar-refractivity contribution is 5.32. The average molecular weight is 203 g/mol. The zero-order valence-corrected chi connectivity index (χ0v) is 8.27. The second-order valence-electron chi connectivity index (χ2n) is 3.20. The molecule has 0 fully saturated rings. The van der Waals surface area contributed by atoms with Crippen molar-refractivity contribution in [2.75, 3.05) is 0 Å². The van der Waals surface area contributed by atoms with E-state index in [9.17, 15) is 4.39 Å². The van der Waals surface area contributed by atoms with Crippen molar-refractivity contribution in [3.8, 4) is 11.5 Å². The summed E-state index contributed by atoms with van der Waals surface area (Å²) in [4.78, 5) is 3.90. The Labute approximate surface area is 87.4 Å². The lowest BCUT2D eigenvalue weighted by molar-refractivity contribution is 0.474. The molecule has 0 atom stereocenters. The van der Waals surface area contributed by atoms with E-state index in [1.165, 1.54) is 6.07 Å². The molecule has 2 nitrogen and oxygen atoms in total. The van der Waals surface area contributed by atoms with Crippen LogP contribution in [-0.4, -0.2) is 4.98 Å². The van der Waals surface area contributed by atoms with Gasteiger partial charge in [0.1, 0.15) is 17.3 Å². The van der Waals surface area contributed by atoms with Crippen molar-refractivity contribution >= 4 is 0 Å². The molecule has 1 heterocycles. The topological polar surface area (TPSA) is 22.1 Å². The van der Waals surface area contributed by atoms with Gasteiger partial charge in [-0.3, -0.25) is 4.98 Å². The number of ether oxygens (including phenoxy) is 1. The molecule has 0 amide bonds. The summed E-state index contributed by atoms with van der Waals surface area (Å²) in [7, 11) is 0. The highest BCUT2D eigenvalue weighted by Crippen LogP contribution is 2.22. The molecule has 0 N–H and O–H groups in total. The van der Waals surface area contributed by atoms with Gasteiger partial charge in [0.05, 0.1) is 6.20 Å². The predicted molar refractivity (Wildman–Crippen MR) is 55.4 cm³/mol. The van der Waals surface area contributed by atoms with Gasteiger partial charge in [0.2, 0.25) is 0 Å². The van der Waals surface area contributed by atoms with Crippen LogP contribution in [0, 0.1) is 12.7 Å². The van der Waals surface area contributed by atoms with Crippen molar-refractivity contribution in [3.63, 3.8) is 0 Å². The van der Waals surface area contributed by atoms with Crippen molar-refractivity contribution in [2.24, 2.45) is 0 Å². The molecule has 0 bridgehead atoms. The third kappa shape index (κ3) is 2.31. The Kier molecular flexibility index (Phi) is 2.63. The van der Waals surface area contributed by atoms with Gasteiger partial charge in [-0.2, -0.15) is 0 Å². The van der Waals surface area contributed by atoms with E-state index in [1.54, 1.807) is 43.6 Å². The van der Waals surface area contributed by atoms with E-state index in [0.717, 1.165) is 0 Å². The molecule has 15 heavy (non-hydrogen) atoms. The first-order chi connectivity index (χ1) is 7.25. The summed E-state index contributed by atoms with van der Waals surface area (Å²) in [6.07, 6.45) is 3.24. The van der Waals surface area contributed by atoms with Crippen LogP contribution in [0.15, 0.2) is 42.7 Å². The molecule has 0 spiro atoms. The SMILES string of the molecule is Cc1ccc(Oc2cccnc2)cc1F. The molecule has 76 valence electrons. The fourth-order valence-corrected chi connectivity index (χ4v) is 1.18. The van der Waals surface area contributed by atoms with Gasteiger partial charge in [-0.25, -0.2) is 4.39 Å². The number of hydrogen-bond acceptors (Lipinski definition) is 2. The van der Waals surface area contributed by atoms with Crippen LogP contribution in [0.4, 0.5) is 4.39 Å². The molecular weight excluding hydrogens is 193 g/mol. The molecule has 1 aromatic carbocycles. The maximum Gasteiger partial charge on any atom is 0.145 e. The maximum absolute atomic E-state index is 13.2. The van der Waals surface area contributed by atoms with Gasteiger partial charge in [0.25, 0.3) is 0 Å². The Bertz CT molecular complexity index is 456. The van der Waals surface area contributed by atoms with E-state index in [0.29, 0.717) is 17.1 Å². The second-order valence-corrected chi connectivity index (χ2v) is 3.20. The number of halogens is 1. The normalized spacial score (nSPS) is 10.0. The van der Waals surface area contributed by atoms with Crippen LogP contribution in [-0.2, 0) is 0 Å². The third-order valence-corrected chi connectivity index (χ3v) is 2.01. The molecule has 0 aliphatic heterocycles. The van der Waals surface area contributed by atoms with E-state index >= 15 is 0 Å². The number of hydrogen-bond donors (Lipinski definition) is 0. The van der Waals surface area contributed by atoms with Crippen LogP contribution in [0.25, 0.3) is 0 Å². The van der Waals surface area contributed by atoms with Crippen LogP contribution >= 0.6 is 0 Å². The van der Waals surface area contributed by atoms with Crippen molar-refractivity contribution < 1.29 is 9.13 Å². The van der Waals surface area contributed by atoms with Crippen LogP contribution in [0.5, 0.6) is 11.5 Å². The molecule has 2 rings (SSSR count). The minimum atomic E-state index is -0.267. The molecule has 0 saturated heterocycles. The van der Waals surface area contributed by atoms with E-state index in [1.807, 2.05) is 0 Å². The molecule has 0 aliphatic carbocycles. The number of benzene rings is 1. The number of nitrogens with zero attached hydrogens (tertiary/aromatic N) is 1. The van der Waals surface area contributed by atoms with E-state index in [2.05, 4.69) is 4.98 Å². The van der Waals surface area contributed by atoms with E-state index in [-0.39, 0.29) is 5.82 Å². The number of rotatable bonds is 2. The summed E-state index contributed by atoms with van der Waals surface area (Å²) in [5, 5.41) is 0. The fourth-order valence-electron chi connectivity index (χ4n) is 1.18. The van der Waals surface area contributed by atoms with Crippen LogP contribution in [0.1, 0.15) is 5.56 Å². The molecule has 0 aliphatic rings. The molecule has 0 radical (unpaired) electrons. The lowest BCUT2D eigenvalue weighted by Gasteiger charge is -2.05. The van der Waals surface area contributed by atoms with Crippen molar-refractivity contribution in [2.45, 2.75) is 6.92 Å². The Balaban J connectivity index is 2.22. The number of aryl methyl sites for hydroxylation is 1. The smallest absolute Gasteiger partial charge is 0.145 e. The van der Waals surface area contributed by atoms with E-state index in [4.69, 9.17) is 4.74 Å². The van der Waals surface area contributed by atoms with Gasteiger partial charge in [0.15, 0.2) is 0 Å². The first-order valence-corrected chi connectivity index (χ1v) is 4.60. The molecule has 0 unspecified atom stereocenters. The molecule has 1 aromatic heterocycles. The second kappa shape index (κ2) is 4.09. The lowest BCUT2D eigenvalue weighted by Crippen LogP contribution is -1.87. The first-order valence-electron chi connectivity index (χ1n) is 4.60. The van der Waals surface area contributed by atoms with Gasteiger partial charge >= 0.3 is 0 Å². The van der Waals surface area contributed by atoms with E-state index < -0.39 is 0 Å². The zero-order valence-electron chi connectivity index (χ0n) is 8.27. The van der Waals surface area contributed by atoms with Crippen molar-refractivity contribution in [3.05, 3.63) is 54.1 Å². The Morgan fingerprint density at radius 2 is 2.07 bits per heavy atom. The van der Waals surface area contributed by atoms with Crippen LogP contribution in [0.2, 0.25) is 0 Å². The Morgan fingerprint density at radius 3 is 2.73 bits per heavy atom.